The van der Waals surface area contributed by atoms with Crippen LogP contribution in [0.15, 0.2) is 69.9 Å². The number of hydrogen-bond acceptors (Lipinski definition) is 8. The van der Waals surface area contributed by atoms with Crippen LogP contribution in [-0.2, 0) is 9.53 Å². The second kappa shape index (κ2) is 8.52. The monoisotopic (exact) mass is 456 g/mol. The number of thioether (sulfide) groups is 1. The highest BCUT2D eigenvalue weighted by atomic mass is 35.5. The number of allylic oxidation sites excluding steroid dienone is 1. The fourth-order valence-corrected chi connectivity index (χ4v) is 4.45. The van der Waals surface area contributed by atoms with Crippen molar-refractivity contribution in [2.45, 2.75) is 19.9 Å². The minimum atomic E-state index is -0.562. The molecule has 1 atom stereocenters. The van der Waals surface area contributed by atoms with E-state index in [1.807, 2.05) is 12.1 Å². The van der Waals surface area contributed by atoms with Gasteiger partial charge >= 0.3 is 5.97 Å². The summed E-state index contributed by atoms with van der Waals surface area (Å²) < 4.78 is 5.28. The molecule has 2 heterocycles. The van der Waals surface area contributed by atoms with Crippen LogP contribution in [0.2, 0.25) is 5.02 Å². The number of nitrogens with zero attached hydrogens (tertiary/aromatic N) is 4. The fraction of sp³-hybridized carbons (Fsp3) is 0.190. The highest BCUT2D eigenvalue weighted by Crippen LogP contribution is 2.42. The fourth-order valence-electron chi connectivity index (χ4n) is 3.35. The number of hydrazone groups is 1. The van der Waals surface area contributed by atoms with Gasteiger partial charge in [-0.15, -0.1) is 0 Å². The molecule has 4 rings (SSSR count). The van der Waals surface area contributed by atoms with E-state index in [1.165, 1.54) is 23.9 Å². The molecule has 2 aromatic rings. The molecule has 0 amide bonds. The smallest absolute Gasteiger partial charge is 0.338 e. The molecule has 10 heteroatoms. The van der Waals surface area contributed by atoms with Gasteiger partial charge in [-0.05, 0) is 43.3 Å². The molecule has 2 aliphatic heterocycles. The van der Waals surface area contributed by atoms with E-state index in [-0.39, 0.29) is 12.3 Å². The Bertz CT molecular complexity index is 1160. The van der Waals surface area contributed by atoms with Crippen LogP contribution in [0, 0.1) is 10.1 Å². The van der Waals surface area contributed by atoms with Gasteiger partial charge in [0.05, 0.1) is 22.8 Å². The average Bonchev–Trinajstić information content (AvgIpc) is 3.17. The lowest BCUT2D eigenvalue weighted by Gasteiger charge is -2.31. The third-order valence-electron chi connectivity index (χ3n) is 4.74. The summed E-state index contributed by atoms with van der Waals surface area (Å²) in [6, 6.07) is 12.8. The minimum absolute atomic E-state index is 0.0246. The van der Waals surface area contributed by atoms with Crippen LogP contribution in [0.5, 0.6) is 0 Å². The molecule has 0 aliphatic carbocycles. The van der Waals surface area contributed by atoms with Crippen molar-refractivity contribution in [1.29, 1.82) is 0 Å². The van der Waals surface area contributed by atoms with Crippen LogP contribution in [0.3, 0.4) is 0 Å². The van der Waals surface area contributed by atoms with Gasteiger partial charge in [-0.2, -0.15) is 5.10 Å². The van der Waals surface area contributed by atoms with Crippen LogP contribution in [0.4, 0.5) is 5.69 Å². The first-order chi connectivity index (χ1) is 14.9. The number of hydrogen-bond donors (Lipinski definition) is 0. The normalized spacial score (nSPS) is 17.8. The van der Waals surface area contributed by atoms with Gasteiger partial charge < -0.3 is 4.74 Å². The molecule has 2 aromatic carbocycles. The van der Waals surface area contributed by atoms with E-state index in [0.29, 0.717) is 32.1 Å². The van der Waals surface area contributed by atoms with Crippen molar-refractivity contribution in [3.8, 4) is 0 Å². The zero-order valence-electron chi connectivity index (χ0n) is 16.6. The van der Waals surface area contributed by atoms with E-state index < -0.39 is 16.9 Å². The van der Waals surface area contributed by atoms with Crippen molar-refractivity contribution in [2.24, 2.45) is 10.1 Å². The first-order valence-electron chi connectivity index (χ1n) is 9.41. The van der Waals surface area contributed by atoms with Gasteiger partial charge in [0, 0.05) is 22.7 Å². The molecule has 0 bridgehead atoms. The van der Waals surface area contributed by atoms with E-state index in [4.69, 9.17) is 16.3 Å². The van der Waals surface area contributed by atoms with Gasteiger partial charge in [-0.3, -0.25) is 10.1 Å². The molecule has 2 aliphatic rings. The molecule has 0 aromatic heterocycles. The Kier molecular flexibility index (Phi) is 5.79. The molecule has 8 nitrogen and oxygen atoms in total. The summed E-state index contributed by atoms with van der Waals surface area (Å²) in [5.74, 6) is -0.466. The molecule has 0 saturated heterocycles. The van der Waals surface area contributed by atoms with Gasteiger partial charge in [0.1, 0.15) is 11.1 Å². The Balaban J connectivity index is 1.80. The number of carbonyl (C=O) groups excluding carboxylic acids is 1. The standard InChI is InChI=1S/C21H17ClN4O4S/c1-3-30-20(27)17-12(2)23-21-25(18(17)13-7-9-15(22)10-8-13)24-19(31-21)14-5-4-6-16(11-14)26(28)29/h4-11,18H,3H2,1-2H3. The number of amidine groups is 1. The lowest BCUT2D eigenvalue weighted by molar-refractivity contribution is -0.384. The summed E-state index contributed by atoms with van der Waals surface area (Å²) in [5, 5.41) is 19.2. The van der Waals surface area contributed by atoms with Crippen LogP contribution in [-0.4, -0.2) is 32.7 Å². The first-order valence-corrected chi connectivity index (χ1v) is 10.6. The first kappa shape index (κ1) is 21.1. The van der Waals surface area contributed by atoms with E-state index in [9.17, 15) is 14.9 Å². The number of nitro benzene ring substituents is 1. The Morgan fingerprint density at radius 1 is 1.29 bits per heavy atom. The second-order valence-corrected chi connectivity index (χ2v) is 8.12. The molecule has 0 spiro atoms. The summed E-state index contributed by atoms with van der Waals surface area (Å²) in [6.45, 7) is 3.73. The van der Waals surface area contributed by atoms with Crippen molar-refractivity contribution in [1.82, 2.24) is 5.01 Å². The van der Waals surface area contributed by atoms with Crippen LogP contribution < -0.4 is 0 Å². The number of fused-ring (bicyclic) bond motifs is 1. The number of rotatable bonds is 5. The largest absolute Gasteiger partial charge is 0.463 e. The molecule has 0 saturated carbocycles. The summed E-state index contributed by atoms with van der Waals surface area (Å²) in [6.07, 6.45) is 0. The van der Waals surface area contributed by atoms with Crippen molar-refractivity contribution >= 4 is 45.2 Å². The molecule has 0 radical (unpaired) electrons. The number of carbonyl (C=O) groups is 1. The maximum atomic E-state index is 12.8. The molecule has 0 N–H and O–H groups in total. The molecule has 158 valence electrons. The zero-order valence-corrected chi connectivity index (χ0v) is 18.2. The number of halogens is 1. The van der Waals surface area contributed by atoms with Crippen molar-refractivity contribution in [2.75, 3.05) is 6.61 Å². The number of ether oxygens (including phenoxy) is 1. The van der Waals surface area contributed by atoms with E-state index in [2.05, 4.69) is 10.1 Å². The number of benzene rings is 2. The summed E-state index contributed by atoms with van der Waals surface area (Å²) >= 11 is 7.35. The SMILES string of the molecule is CCOC(=O)C1=C(C)N=C2SC(c3cccc([N+](=O)[O-])c3)=NN2C1c1ccc(Cl)cc1. The van der Waals surface area contributed by atoms with E-state index >= 15 is 0 Å². The highest BCUT2D eigenvalue weighted by molar-refractivity contribution is 8.27. The third-order valence-corrected chi connectivity index (χ3v) is 5.96. The van der Waals surface area contributed by atoms with Gasteiger partial charge in [-0.25, -0.2) is 14.8 Å². The third kappa shape index (κ3) is 4.06. The maximum Gasteiger partial charge on any atom is 0.338 e. The lowest BCUT2D eigenvalue weighted by Crippen LogP contribution is -2.34. The van der Waals surface area contributed by atoms with Gasteiger partial charge in [0.15, 0.2) is 5.17 Å². The predicted octanol–water partition coefficient (Wildman–Crippen LogP) is 4.91. The number of non-ortho nitro benzene ring substituents is 1. The second-order valence-electron chi connectivity index (χ2n) is 6.73. The van der Waals surface area contributed by atoms with E-state index in [1.54, 1.807) is 43.1 Å². The average molecular weight is 457 g/mol. The number of nitro groups is 1. The minimum Gasteiger partial charge on any atom is -0.463 e. The van der Waals surface area contributed by atoms with Gasteiger partial charge in [0.2, 0.25) is 0 Å². The number of aliphatic imine (C=N–C) groups is 1. The molecular formula is C21H17ClN4O4S. The molecule has 1 unspecified atom stereocenters. The quantitative estimate of drug-likeness (QED) is 0.360. The van der Waals surface area contributed by atoms with Crippen molar-refractivity contribution in [3.05, 3.63) is 86.1 Å². The summed E-state index contributed by atoms with van der Waals surface area (Å²) in [5.41, 5.74) is 2.29. The number of esters is 1. The lowest BCUT2D eigenvalue weighted by atomic mass is 9.96. The van der Waals surface area contributed by atoms with Crippen LogP contribution in [0.1, 0.15) is 31.0 Å². The Morgan fingerprint density at radius 3 is 2.71 bits per heavy atom. The van der Waals surface area contributed by atoms with Gasteiger partial charge in [-0.1, -0.05) is 35.9 Å². The Hall–Kier alpha value is -3.17. The van der Waals surface area contributed by atoms with Crippen LogP contribution in [0.25, 0.3) is 0 Å². The predicted molar refractivity (Wildman–Crippen MR) is 120 cm³/mol. The zero-order chi connectivity index (χ0) is 22.1. The highest BCUT2D eigenvalue weighted by Gasteiger charge is 2.40. The van der Waals surface area contributed by atoms with Crippen molar-refractivity contribution in [3.63, 3.8) is 0 Å². The molecule has 0 fully saturated rings. The van der Waals surface area contributed by atoms with Gasteiger partial charge in [0.25, 0.3) is 5.69 Å². The summed E-state index contributed by atoms with van der Waals surface area (Å²) in [4.78, 5) is 28.1. The Morgan fingerprint density at radius 2 is 2.03 bits per heavy atom. The van der Waals surface area contributed by atoms with Crippen LogP contribution >= 0.6 is 23.4 Å². The Labute approximate surface area is 187 Å². The summed E-state index contributed by atoms with van der Waals surface area (Å²) in [7, 11) is 0. The van der Waals surface area contributed by atoms with E-state index in [0.717, 1.165) is 5.56 Å². The molecular weight excluding hydrogens is 440 g/mol. The topological polar surface area (TPSA) is 97.4 Å². The maximum absolute atomic E-state index is 12.8. The van der Waals surface area contributed by atoms with Crippen molar-refractivity contribution < 1.29 is 14.5 Å². The molecule has 31 heavy (non-hydrogen) atoms.